The molecule has 80 valence electrons. The van der Waals surface area contributed by atoms with E-state index < -0.39 is 12.5 Å². The number of halogens is 2. The Bertz CT molecular complexity index is 296. The van der Waals surface area contributed by atoms with Crippen LogP contribution in [-0.2, 0) is 13.0 Å². The number of hydrogen-bond acceptors (Lipinski definition) is 2. The Hall–Kier alpha value is -0.970. The summed E-state index contributed by atoms with van der Waals surface area (Å²) in [4.78, 5) is 0. The van der Waals surface area contributed by atoms with Crippen LogP contribution in [-0.4, -0.2) is 22.2 Å². The lowest BCUT2D eigenvalue weighted by atomic mass is 10.1. The molecule has 1 rings (SSSR count). The summed E-state index contributed by atoms with van der Waals surface area (Å²) in [7, 11) is 0. The van der Waals surface area contributed by atoms with Gasteiger partial charge in [0, 0.05) is 18.7 Å². The average Bonchev–Trinajstić information content (AvgIpc) is 2.45. The summed E-state index contributed by atoms with van der Waals surface area (Å²) in [5, 5.41) is 4.16. The lowest BCUT2D eigenvalue weighted by molar-refractivity contribution is 0.115. The first-order valence-electron chi connectivity index (χ1n) is 4.61. The monoisotopic (exact) mass is 203 g/mol. The standard InChI is InChI=1S/C9H15F2N3/c1-3-14-7(4-6(2)13-14)5-8(12)9(10)11/h4,8-9H,3,5,12H2,1-2H3. The van der Waals surface area contributed by atoms with E-state index in [1.54, 1.807) is 10.7 Å². The summed E-state index contributed by atoms with van der Waals surface area (Å²) in [6.07, 6.45) is -2.30. The molecule has 0 spiro atoms. The molecule has 1 aromatic rings. The summed E-state index contributed by atoms with van der Waals surface area (Å²) in [5.41, 5.74) is 6.90. The number of nitrogens with two attached hydrogens (primary N) is 1. The molecule has 0 fully saturated rings. The van der Waals surface area contributed by atoms with Crippen molar-refractivity contribution in [1.82, 2.24) is 9.78 Å². The van der Waals surface area contributed by atoms with Gasteiger partial charge in [-0.15, -0.1) is 0 Å². The molecule has 1 atom stereocenters. The van der Waals surface area contributed by atoms with Gasteiger partial charge < -0.3 is 5.73 Å². The van der Waals surface area contributed by atoms with Crippen LogP contribution in [0.2, 0.25) is 0 Å². The van der Waals surface area contributed by atoms with Crippen LogP contribution in [0.5, 0.6) is 0 Å². The highest BCUT2D eigenvalue weighted by Crippen LogP contribution is 2.09. The number of rotatable bonds is 4. The molecule has 2 N–H and O–H groups in total. The van der Waals surface area contributed by atoms with E-state index in [0.29, 0.717) is 6.54 Å². The molecule has 14 heavy (non-hydrogen) atoms. The summed E-state index contributed by atoms with van der Waals surface area (Å²) in [6, 6.07) is 0.697. The van der Waals surface area contributed by atoms with Crippen molar-refractivity contribution < 1.29 is 8.78 Å². The summed E-state index contributed by atoms with van der Waals surface area (Å²) in [6.45, 7) is 4.44. The zero-order chi connectivity index (χ0) is 10.7. The van der Waals surface area contributed by atoms with Crippen molar-refractivity contribution >= 4 is 0 Å². The minimum Gasteiger partial charge on any atom is -0.323 e. The smallest absolute Gasteiger partial charge is 0.253 e. The summed E-state index contributed by atoms with van der Waals surface area (Å²) < 4.78 is 26.1. The van der Waals surface area contributed by atoms with Crippen LogP contribution in [0.25, 0.3) is 0 Å². The Kier molecular flexibility index (Phi) is 3.57. The maximum absolute atomic E-state index is 12.2. The Morgan fingerprint density at radius 2 is 2.21 bits per heavy atom. The molecule has 1 aromatic heterocycles. The van der Waals surface area contributed by atoms with Gasteiger partial charge in [-0.2, -0.15) is 5.10 Å². The lowest BCUT2D eigenvalue weighted by Crippen LogP contribution is -2.31. The number of aromatic nitrogens is 2. The number of hydrogen-bond donors (Lipinski definition) is 1. The second-order valence-corrected chi connectivity index (χ2v) is 3.30. The van der Waals surface area contributed by atoms with Gasteiger partial charge in [0.05, 0.1) is 11.7 Å². The lowest BCUT2D eigenvalue weighted by Gasteiger charge is -2.10. The van der Waals surface area contributed by atoms with Crippen LogP contribution < -0.4 is 5.73 Å². The highest BCUT2D eigenvalue weighted by molar-refractivity contribution is 5.10. The first-order chi connectivity index (χ1) is 6.54. The minimum atomic E-state index is -2.48. The molecular formula is C9H15F2N3. The fourth-order valence-electron chi connectivity index (χ4n) is 1.37. The predicted octanol–water partition coefficient (Wildman–Crippen LogP) is 1.35. The van der Waals surface area contributed by atoms with E-state index in [2.05, 4.69) is 5.10 Å². The molecule has 5 heteroatoms. The molecule has 0 aliphatic heterocycles. The van der Waals surface area contributed by atoms with Crippen LogP contribution in [0.15, 0.2) is 6.07 Å². The van der Waals surface area contributed by atoms with Crippen LogP contribution in [0.1, 0.15) is 18.3 Å². The normalized spacial score (nSPS) is 13.6. The van der Waals surface area contributed by atoms with Gasteiger partial charge in [0.2, 0.25) is 0 Å². The largest absolute Gasteiger partial charge is 0.323 e. The molecule has 0 aromatic carbocycles. The Morgan fingerprint density at radius 3 is 2.71 bits per heavy atom. The van der Waals surface area contributed by atoms with Crippen LogP contribution in [0, 0.1) is 6.92 Å². The Morgan fingerprint density at radius 1 is 1.57 bits per heavy atom. The van der Waals surface area contributed by atoms with Crippen molar-refractivity contribution in [2.45, 2.75) is 39.3 Å². The van der Waals surface area contributed by atoms with Crippen molar-refractivity contribution in [3.8, 4) is 0 Å². The van der Waals surface area contributed by atoms with E-state index in [4.69, 9.17) is 5.73 Å². The van der Waals surface area contributed by atoms with E-state index in [9.17, 15) is 8.78 Å². The Labute approximate surface area is 81.9 Å². The molecule has 0 radical (unpaired) electrons. The SMILES string of the molecule is CCn1nc(C)cc1CC(N)C(F)F. The zero-order valence-corrected chi connectivity index (χ0v) is 8.37. The van der Waals surface area contributed by atoms with E-state index in [1.807, 2.05) is 13.8 Å². The van der Waals surface area contributed by atoms with Crippen molar-refractivity contribution in [2.75, 3.05) is 0 Å². The van der Waals surface area contributed by atoms with Gasteiger partial charge in [0.15, 0.2) is 0 Å². The molecule has 3 nitrogen and oxygen atoms in total. The molecule has 1 heterocycles. The first kappa shape index (κ1) is 11.1. The van der Waals surface area contributed by atoms with Gasteiger partial charge in [0.1, 0.15) is 0 Å². The number of alkyl halides is 2. The predicted molar refractivity (Wildman–Crippen MR) is 50.3 cm³/mol. The number of nitrogens with zero attached hydrogens (tertiary/aromatic N) is 2. The van der Waals surface area contributed by atoms with Crippen LogP contribution in [0.4, 0.5) is 8.78 Å². The van der Waals surface area contributed by atoms with Gasteiger partial charge in [0.25, 0.3) is 6.43 Å². The van der Waals surface area contributed by atoms with Gasteiger partial charge in [-0.25, -0.2) is 8.78 Å². The highest BCUT2D eigenvalue weighted by atomic mass is 19.3. The zero-order valence-electron chi connectivity index (χ0n) is 8.37. The maximum Gasteiger partial charge on any atom is 0.253 e. The quantitative estimate of drug-likeness (QED) is 0.802. The van der Waals surface area contributed by atoms with Crippen molar-refractivity contribution in [2.24, 2.45) is 5.73 Å². The van der Waals surface area contributed by atoms with Crippen LogP contribution in [0.3, 0.4) is 0 Å². The molecule has 1 unspecified atom stereocenters. The third kappa shape index (κ3) is 2.51. The number of aryl methyl sites for hydroxylation is 2. The topological polar surface area (TPSA) is 43.8 Å². The van der Waals surface area contributed by atoms with Crippen molar-refractivity contribution in [3.05, 3.63) is 17.5 Å². The highest BCUT2D eigenvalue weighted by Gasteiger charge is 2.17. The average molecular weight is 203 g/mol. The van der Waals surface area contributed by atoms with E-state index in [0.717, 1.165) is 11.4 Å². The van der Waals surface area contributed by atoms with Crippen molar-refractivity contribution in [3.63, 3.8) is 0 Å². The fourth-order valence-corrected chi connectivity index (χ4v) is 1.37. The van der Waals surface area contributed by atoms with Crippen LogP contribution >= 0.6 is 0 Å². The summed E-state index contributed by atoms with van der Waals surface area (Å²) >= 11 is 0. The van der Waals surface area contributed by atoms with Crippen molar-refractivity contribution in [1.29, 1.82) is 0 Å². The second-order valence-electron chi connectivity index (χ2n) is 3.30. The maximum atomic E-state index is 12.2. The third-order valence-corrected chi connectivity index (χ3v) is 2.05. The van der Waals surface area contributed by atoms with Gasteiger partial charge >= 0.3 is 0 Å². The van der Waals surface area contributed by atoms with E-state index in [1.165, 1.54) is 0 Å². The van der Waals surface area contributed by atoms with Gasteiger partial charge in [-0.3, -0.25) is 4.68 Å². The van der Waals surface area contributed by atoms with E-state index >= 15 is 0 Å². The second kappa shape index (κ2) is 4.50. The first-order valence-corrected chi connectivity index (χ1v) is 4.61. The van der Waals surface area contributed by atoms with E-state index in [-0.39, 0.29) is 6.42 Å². The minimum absolute atomic E-state index is 0.173. The molecule has 0 aliphatic carbocycles. The molecule has 0 amide bonds. The van der Waals surface area contributed by atoms with Gasteiger partial charge in [-0.05, 0) is 19.9 Å². The Balaban J connectivity index is 2.74. The fraction of sp³-hybridized carbons (Fsp3) is 0.667. The molecule has 0 aliphatic rings. The van der Waals surface area contributed by atoms with Gasteiger partial charge in [-0.1, -0.05) is 0 Å². The molecular weight excluding hydrogens is 188 g/mol. The molecule has 0 saturated heterocycles. The third-order valence-electron chi connectivity index (χ3n) is 2.05. The molecule has 0 saturated carbocycles. The summed E-state index contributed by atoms with van der Waals surface area (Å²) in [5.74, 6) is 0. The molecule has 0 bridgehead atoms.